The highest BCUT2D eigenvalue weighted by Gasteiger charge is 2.22. The number of aromatic nitrogens is 3. The summed E-state index contributed by atoms with van der Waals surface area (Å²) >= 11 is 18.8. The predicted octanol–water partition coefficient (Wildman–Crippen LogP) is 5.04. The van der Waals surface area contributed by atoms with Crippen molar-refractivity contribution in [3.63, 3.8) is 0 Å². The van der Waals surface area contributed by atoms with Gasteiger partial charge >= 0.3 is 0 Å². The lowest BCUT2D eigenvalue weighted by Crippen LogP contribution is -2.15. The monoisotopic (exact) mass is 479 g/mol. The van der Waals surface area contributed by atoms with Gasteiger partial charge in [0.15, 0.2) is 5.82 Å². The second-order valence-corrected chi connectivity index (χ2v) is 9.02. The number of fused-ring (bicyclic) bond motifs is 1. The van der Waals surface area contributed by atoms with E-state index in [4.69, 9.17) is 40.5 Å². The summed E-state index contributed by atoms with van der Waals surface area (Å²) < 4.78 is 27.9. The number of nitrogen functional groups attached to an aromatic ring is 1. The molecule has 11 heteroatoms. The van der Waals surface area contributed by atoms with E-state index < -0.39 is 10.0 Å². The van der Waals surface area contributed by atoms with Crippen molar-refractivity contribution in [1.29, 1.82) is 0 Å². The number of rotatable bonds is 4. The molecule has 0 unspecified atom stereocenters. The van der Waals surface area contributed by atoms with Gasteiger partial charge in [-0.1, -0.05) is 53.0 Å². The minimum absolute atomic E-state index is 0.0360. The molecule has 2 aromatic heterocycles. The third-order valence-electron chi connectivity index (χ3n) is 4.22. The maximum absolute atomic E-state index is 12.8. The van der Waals surface area contributed by atoms with Crippen LogP contribution in [-0.4, -0.2) is 23.4 Å². The fourth-order valence-electron chi connectivity index (χ4n) is 2.85. The number of nitrogens with zero attached hydrogens (tertiary/aromatic N) is 3. The molecular formula is C19H12Cl3N5O2S. The first-order chi connectivity index (χ1) is 14.3. The number of halogens is 3. The van der Waals surface area contributed by atoms with Crippen LogP contribution in [0.25, 0.3) is 22.0 Å². The van der Waals surface area contributed by atoms with E-state index in [1.807, 2.05) is 0 Å². The number of nitrogens with two attached hydrogens (primary N) is 1. The Morgan fingerprint density at radius 2 is 1.70 bits per heavy atom. The molecule has 7 nitrogen and oxygen atoms in total. The fourth-order valence-corrected chi connectivity index (χ4v) is 5.06. The second kappa shape index (κ2) is 7.88. The van der Waals surface area contributed by atoms with Crippen LogP contribution in [0.15, 0.2) is 59.8 Å². The number of anilines is 2. The van der Waals surface area contributed by atoms with Crippen molar-refractivity contribution in [3.8, 4) is 11.1 Å². The lowest BCUT2D eigenvalue weighted by atomic mass is 10.0. The van der Waals surface area contributed by atoms with E-state index in [2.05, 4.69) is 19.7 Å². The van der Waals surface area contributed by atoms with Crippen LogP contribution in [0.1, 0.15) is 0 Å². The van der Waals surface area contributed by atoms with E-state index in [9.17, 15) is 8.42 Å². The molecule has 0 aliphatic rings. The minimum Gasteiger partial charge on any atom is -0.368 e. The molecule has 0 radical (unpaired) electrons. The van der Waals surface area contributed by atoms with Gasteiger partial charge in [0.25, 0.3) is 10.0 Å². The SMILES string of the molecule is Nc1ncc2cc(-c3c(Cl)cnc(NS(=O)(=O)c4ccccc4Cl)c3Cl)ccc2n1. The van der Waals surface area contributed by atoms with Crippen LogP contribution in [0.3, 0.4) is 0 Å². The first-order valence-electron chi connectivity index (χ1n) is 8.40. The Labute approximate surface area is 186 Å². The van der Waals surface area contributed by atoms with Gasteiger partial charge in [-0.25, -0.2) is 23.4 Å². The Bertz CT molecular complexity index is 1400. The van der Waals surface area contributed by atoms with Crippen molar-refractivity contribution in [1.82, 2.24) is 15.0 Å². The first kappa shape index (κ1) is 20.6. The summed E-state index contributed by atoms with van der Waals surface area (Å²) in [5, 5.41) is 1.07. The summed E-state index contributed by atoms with van der Waals surface area (Å²) in [5.41, 5.74) is 7.29. The highest BCUT2D eigenvalue weighted by atomic mass is 35.5. The van der Waals surface area contributed by atoms with E-state index in [0.717, 1.165) is 0 Å². The molecule has 0 aliphatic carbocycles. The average Bonchev–Trinajstić information content (AvgIpc) is 2.70. The van der Waals surface area contributed by atoms with Crippen LogP contribution in [0.5, 0.6) is 0 Å². The molecular weight excluding hydrogens is 469 g/mol. The quantitative estimate of drug-likeness (QED) is 0.423. The van der Waals surface area contributed by atoms with Gasteiger partial charge in [0, 0.05) is 23.3 Å². The molecule has 0 aliphatic heterocycles. The molecule has 3 N–H and O–H groups in total. The zero-order chi connectivity index (χ0) is 21.5. The van der Waals surface area contributed by atoms with Crippen LogP contribution in [0.4, 0.5) is 11.8 Å². The van der Waals surface area contributed by atoms with Gasteiger partial charge in [-0.2, -0.15) is 0 Å². The van der Waals surface area contributed by atoms with E-state index in [1.165, 1.54) is 18.3 Å². The Morgan fingerprint density at radius 3 is 2.47 bits per heavy atom. The Morgan fingerprint density at radius 1 is 0.933 bits per heavy atom. The zero-order valence-electron chi connectivity index (χ0n) is 15.0. The largest absolute Gasteiger partial charge is 0.368 e. The summed E-state index contributed by atoms with van der Waals surface area (Å²) in [6.45, 7) is 0. The number of hydrogen-bond donors (Lipinski definition) is 2. The molecule has 0 saturated heterocycles. The van der Waals surface area contributed by atoms with Crippen molar-refractivity contribution < 1.29 is 8.42 Å². The van der Waals surface area contributed by atoms with Crippen LogP contribution in [0.2, 0.25) is 15.1 Å². The standard InChI is InChI=1S/C19H12Cl3N5O2S/c20-12-3-1-2-4-15(12)30(28,29)27-18-17(22)16(13(21)9-24-18)10-5-6-14-11(7-10)8-25-19(23)26-14/h1-9H,(H,24,27)(H2,23,25,26). The lowest BCUT2D eigenvalue weighted by Gasteiger charge is -2.14. The van der Waals surface area contributed by atoms with Gasteiger partial charge in [0.1, 0.15) is 4.90 Å². The third-order valence-corrected chi connectivity index (χ3v) is 6.71. The highest BCUT2D eigenvalue weighted by molar-refractivity contribution is 7.92. The Kier molecular flexibility index (Phi) is 5.42. The number of pyridine rings is 1. The third kappa shape index (κ3) is 3.87. The molecule has 152 valence electrons. The lowest BCUT2D eigenvalue weighted by molar-refractivity contribution is 0.601. The predicted molar refractivity (Wildman–Crippen MR) is 119 cm³/mol. The van der Waals surface area contributed by atoms with Crippen LogP contribution < -0.4 is 10.5 Å². The number of hydrogen-bond acceptors (Lipinski definition) is 6. The number of nitrogens with one attached hydrogen (secondary N) is 1. The molecule has 30 heavy (non-hydrogen) atoms. The van der Waals surface area contributed by atoms with E-state index in [0.29, 0.717) is 22.0 Å². The van der Waals surface area contributed by atoms with Gasteiger partial charge in [-0.05, 0) is 29.8 Å². The summed E-state index contributed by atoms with van der Waals surface area (Å²) in [6.07, 6.45) is 2.89. The van der Waals surface area contributed by atoms with Crippen LogP contribution in [-0.2, 0) is 10.0 Å². The highest BCUT2D eigenvalue weighted by Crippen LogP contribution is 2.39. The molecule has 0 saturated carbocycles. The van der Waals surface area contributed by atoms with Crippen molar-refractivity contribution in [3.05, 3.63) is 69.9 Å². The topological polar surface area (TPSA) is 111 Å². The molecule has 0 spiro atoms. The van der Waals surface area contributed by atoms with Crippen LogP contribution >= 0.6 is 34.8 Å². The van der Waals surface area contributed by atoms with Gasteiger partial charge in [0.2, 0.25) is 5.95 Å². The summed E-state index contributed by atoms with van der Waals surface area (Å²) in [7, 11) is -4.02. The van der Waals surface area contributed by atoms with Gasteiger partial charge < -0.3 is 5.73 Å². The Balaban J connectivity index is 1.80. The normalized spacial score (nSPS) is 11.6. The van der Waals surface area contributed by atoms with E-state index >= 15 is 0 Å². The van der Waals surface area contributed by atoms with Gasteiger partial charge in [-0.15, -0.1) is 0 Å². The minimum atomic E-state index is -4.02. The maximum Gasteiger partial charge on any atom is 0.264 e. The second-order valence-electron chi connectivity index (χ2n) is 6.18. The maximum atomic E-state index is 12.8. The van der Waals surface area contributed by atoms with Gasteiger partial charge in [-0.3, -0.25) is 4.72 Å². The fraction of sp³-hybridized carbons (Fsp3) is 0. The molecule has 0 atom stereocenters. The van der Waals surface area contributed by atoms with Gasteiger partial charge in [0.05, 0.1) is 20.6 Å². The number of benzene rings is 2. The summed E-state index contributed by atoms with van der Waals surface area (Å²) in [5.74, 6) is 0.0798. The van der Waals surface area contributed by atoms with Crippen molar-refractivity contribution in [2.75, 3.05) is 10.5 Å². The number of sulfonamides is 1. The molecule has 4 aromatic rings. The molecule has 2 heterocycles. The molecule has 4 rings (SSSR count). The zero-order valence-corrected chi connectivity index (χ0v) is 18.1. The average molecular weight is 481 g/mol. The van der Waals surface area contributed by atoms with Crippen molar-refractivity contribution in [2.24, 2.45) is 0 Å². The summed E-state index contributed by atoms with van der Waals surface area (Å²) in [4.78, 5) is 12.1. The molecule has 0 amide bonds. The van der Waals surface area contributed by atoms with Crippen molar-refractivity contribution >= 4 is 67.5 Å². The summed E-state index contributed by atoms with van der Waals surface area (Å²) in [6, 6.07) is 11.3. The smallest absolute Gasteiger partial charge is 0.264 e. The van der Waals surface area contributed by atoms with Crippen molar-refractivity contribution in [2.45, 2.75) is 4.90 Å². The van der Waals surface area contributed by atoms with E-state index in [-0.39, 0.29) is 31.7 Å². The van der Waals surface area contributed by atoms with Crippen LogP contribution in [0, 0.1) is 0 Å². The first-order valence-corrected chi connectivity index (χ1v) is 11.0. The molecule has 0 bridgehead atoms. The Hall–Kier alpha value is -2.65. The molecule has 2 aromatic carbocycles. The van der Waals surface area contributed by atoms with E-state index in [1.54, 1.807) is 36.5 Å². The molecule has 0 fully saturated rings.